The van der Waals surface area contributed by atoms with Crippen LogP contribution in [0.1, 0.15) is 84.8 Å². The Bertz CT molecular complexity index is 802. The van der Waals surface area contributed by atoms with Gasteiger partial charge in [-0.1, -0.05) is 56.5 Å². The number of Topliss-reactive ketones (excluding diaryl/α,β-unsaturated/α-hetero) is 1. The first kappa shape index (κ1) is 27.1. The number of aryl methyl sites for hydroxylation is 1. The van der Waals surface area contributed by atoms with E-state index in [0.29, 0.717) is 19.4 Å². The molecule has 33 heavy (non-hydrogen) atoms. The Morgan fingerprint density at radius 1 is 1.18 bits per heavy atom. The van der Waals surface area contributed by atoms with Crippen molar-refractivity contribution >= 4 is 11.9 Å². The molecule has 1 aliphatic heterocycles. The molecule has 0 bridgehead atoms. The predicted molar refractivity (Wildman–Crippen MR) is 133 cm³/mol. The van der Waals surface area contributed by atoms with Gasteiger partial charge in [0.15, 0.2) is 11.4 Å². The zero-order chi connectivity index (χ0) is 24.6. The van der Waals surface area contributed by atoms with E-state index in [9.17, 15) is 9.59 Å². The molecule has 0 aliphatic carbocycles. The monoisotopic (exact) mass is 457 g/mol. The minimum absolute atomic E-state index is 0.0750. The Morgan fingerprint density at radius 3 is 2.30 bits per heavy atom. The van der Waals surface area contributed by atoms with Gasteiger partial charge in [-0.05, 0) is 76.8 Å². The van der Waals surface area contributed by atoms with Gasteiger partial charge >= 0.3 is 6.09 Å². The zero-order valence-corrected chi connectivity index (χ0v) is 21.5. The van der Waals surface area contributed by atoms with Crippen LogP contribution in [0.3, 0.4) is 0 Å². The van der Waals surface area contributed by atoms with Crippen molar-refractivity contribution in [1.82, 2.24) is 5.32 Å². The van der Waals surface area contributed by atoms with Crippen LogP contribution < -0.4 is 5.32 Å². The Labute approximate surface area is 200 Å². The van der Waals surface area contributed by atoms with Gasteiger partial charge in [-0.2, -0.15) is 0 Å². The molecule has 1 amide bonds. The molecule has 1 aromatic carbocycles. The number of hydrogen-bond acceptors (Lipinski definition) is 4. The average Bonchev–Trinajstić information content (AvgIpc) is 3.46. The number of benzene rings is 1. The Morgan fingerprint density at radius 2 is 1.79 bits per heavy atom. The molecule has 1 aliphatic rings. The molecule has 2 rings (SSSR count). The molecule has 1 saturated heterocycles. The number of nitrogens with one attached hydrogen (secondary N) is 1. The number of carbonyl (C=O) groups is 2. The maximum Gasteiger partial charge on any atom is 0.408 e. The highest BCUT2D eigenvalue weighted by Gasteiger charge is 2.54. The van der Waals surface area contributed by atoms with Crippen LogP contribution in [0.15, 0.2) is 36.4 Å². The van der Waals surface area contributed by atoms with Crippen molar-refractivity contribution in [1.29, 1.82) is 0 Å². The number of allylic oxidation sites excluding steroid dienone is 1. The van der Waals surface area contributed by atoms with Crippen LogP contribution in [0.5, 0.6) is 0 Å². The van der Waals surface area contributed by atoms with E-state index in [4.69, 9.17) is 9.47 Å². The summed E-state index contributed by atoms with van der Waals surface area (Å²) in [4.78, 5) is 26.1. The number of epoxide rings is 1. The normalized spacial score (nSPS) is 19.5. The summed E-state index contributed by atoms with van der Waals surface area (Å²) in [6.45, 7) is 16.1. The highest BCUT2D eigenvalue weighted by Crippen LogP contribution is 2.38. The summed E-state index contributed by atoms with van der Waals surface area (Å²) < 4.78 is 11.2. The van der Waals surface area contributed by atoms with E-state index < -0.39 is 23.3 Å². The summed E-state index contributed by atoms with van der Waals surface area (Å²) in [6.07, 6.45) is 5.97. The Hall–Kier alpha value is -2.14. The van der Waals surface area contributed by atoms with Crippen molar-refractivity contribution in [2.45, 2.75) is 104 Å². The lowest BCUT2D eigenvalue weighted by atomic mass is 9.85. The summed E-state index contributed by atoms with van der Waals surface area (Å²) in [5.41, 5.74) is 1.93. The minimum Gasteiger partial charge on any atom is -0.444 e. The van der Waals surface area contributed by atoms with Gasteiger partial charge in [-0.25, -0.2) is 4.79 Å². The standard InChI is InChI=1S/C28H43NO4/c1-8-9-10-11-22-12-14-23(15-13-22)17-24(29-26(31)33-27(5,6)7)25(30)28(19-32-28)18-21(4)16-20(2)3/h12-15,21,24H,2,8-11,16-19H2,1,3-7H3,(H,29,31). The van der Waals surface area contributed by atoms with Crippen molar-refractivity contribution < 1.29 is 19.1 Å². The summed E-state index contributed by atoms with van der Waals surface area (Å²) >= 11 is 0. The third kappa shape index (κ3) is 9.32. The van der Waals surface area contributed by atoms with E-state index in [1.54, 1.807) is 0 Å². The zero-order valence-electron chi connectivity index (χ0n) is 21.5. The van der Waals surface area contributed by atoms with E-state index in [1.165, 1.54) is 24.8 Å². The number of hydrogen-bond donors (Lipinski definition) is 1. The summed E-state index contributed by atoms with van der Waals surface area (Å²) in [7, 11) is 0. The highest BCUT2D eigenvalue weighted by atomic mass is 16.6. The van der Waals surface area contributed by atoms with Crippen LogP contribution in [-0.2, 0) is 27.1 Å². The summed E-state index contributed by atoms with van der Waals surface area (Å²) in [5.74, 6) is 0.201. The van der Waals surface area contributed by atoms with Gasteiger partial charge in [0.25, 0.3) is 0 Å². The number of ether oxygens (including phenoxy) is 2. The van der Waals surface area contributed by atoms with Crippen LogP contribution in [-0.4, -0.2) is 35.7 Å². The molecule has 1 N–H and O–H groups in total. The van der Waals surface area contributed by atoms with Crippen molar-refractivity contribution in [2.24, 2.45) is 5.92 Å². The van der Waals surface area contributed by atoms with Crippen molar-refractivity contribution in [3.63, 3.8) is 0 Å². The molecule has 3 atom stereocenters. The molecular formula is C28H43NO4. The van der Waals surface area contributed by atoms with Crippen molar-refractivity contribution in [3.05, 3.63) is 47.5 Å². The average molecular weight is 458 g/mol. The molecule has 1 heterocycles. The number of unbranched alkanes of at least 4 members (excludes halogenated alkanes) is 2. The molecule has 1 fully saturated rings. The smallest absolute Gasteiger partial charge is 0.408 e. The van der Waals surface area contributed by atoms with Gasteiger partial charge in [-0.15, -0.1) is 6.58 Å². The molecule has 184 valence electrons. The third-order valence-corrected chi connectivity index (χ3v) is 5.86. The quantitative estimate of drug-likeness (QED) is 0.218. The fourth-order valence-electron chi connectivity index (χ4n) is 4.31. The number of amides is 1. The third-order valence-electron chi connectivity index (χ3n) is 5.86. The van der Waals surface area contributed by atoms with Crippen LogP contribution in [0.2, 0.25) is 0 Å². The number of rotatable bonds is 13. The van der Waals surface area contributed by atoms with Crippen LogP contribution >= 0.6 is 0 Å². The number of alkyl carbamates (subject to hydrolysis) is 1. The minimum atomic E-state index is -0.825. The molecular weight excluding hydrogens is 414 g/mol. The fourth-order valence-corrected chi connectivity index (χ4v) is 4.31. The summed E-state index contributed by atoms with van der Waals surface area (Å²) in [5, 5.41) is 2.83. The van der Waals surface area contributed by atoms with Gasteiger partial charge in [0, 0.05) is 0 Å². The topological polar surface area (TPSA) is 67.9 Å². The molecule has 0 aromatic heterocycles. The second-order valence-corrected chi connectivity index (χ2v) is 10.8. The van der Waals surface area contributed by atoms with Crippen LogP contribution in [0.25, 0.3) is 0 Å². The Balaban J connectivity index is 2.13. The van der Waals surface area contributed by atoms with E-state index in [1.807, 2.05) is 27.7 Å². The van der Waals surface area contributed by atoms with E-state index in [0.717, 1.165) is 24.0 Å². The SMILES string of the molecule is C=C(C)CC(C)CC1(C(=O)C(Cc2ccc(CCCCC)cc2)NC(=O)OC(C)(C)C)CO1. The lowest BCUT2D eigenvalue weighted by Gasteiger charge is -2.26. The molecule has 5 heteroatoms. The predicted octanol–water partition coefficient (Wildman–Crippen LogP) is 6.19. The van der Waals surface area contributed by atoms with Crippen LogP contribution in [0, 0.1) is 5.92 Å². The fraction of sp³-hybridized carbons (Fsp3) is 0.643. The van der Waals surface area contributed by atoms with Gasteiger partial charge in [0.1, 0.15) is 5.60 Å². The van der Waals surface area contributed by atoms with E-state index >= 15 is 0 Å². The lowest BCUT2D eigenvalue weighted by molar-refractivity contribution is -0.126. The lowest BCUT2D eigenvalue weighted by Crippen LogP contribution is -2.49. The second-order valence-electron chi connectivity index (χ2n) is 10.8. The molecule has 5 nitrogen and oxygen atoms in total. The Kier molecular flexibility index (Phi) is 9.71. The number of carbonyl (C=O) groups excluding carboxylic acids is 2. The van der Waals surface area contributed by atoms with Crippen LogP contribution in [0.4, 0.5) is 4.79 Å². The van der Waals surface area contributed by atoms with Crippen molar-refractivity contribution in [3.8, 4) is 0 Å². The van der Waals surface area contributed by atoms with Gasteiger partial charge in [0.05, 0.1) is 12.6 Å². The highest BCUT2D eigenvalue weighted by molar-refractivity contribution is 5.96. The first-order valence-electron chi connectivity index (χ1n) is 12.3. The van der Waals surface area contributed by atoms with E-state index in [2.05, 4.69) is 50.0 Å². The second kappa shape index (κ2) is 11.8. The molecule has 0 radical (unpaired) electrons. The van der Waals surface area contributed by atoms with Gasteiger partial charge < -0.3 is 14.8 Å². The largest absolute Gasteiger partial charge is 0.444 e. The first-order chi connectivity index (χ1) is 15.4. The molecule has 3 unspecified atom stereocenters. The molecule has 0 spiro atoms. The molecule has 1 aromatic rings. The van der Waals surface area contributed by atoms with E-state index in [-0.39, 0.29) is 11.7 Å². The maximum absolute atomic E-state index is 13.6. The maximum atomic E-state index is 13.6. The number of ketones is 1. The first-order valence-corrected chi connectivity index (χ1v) is 12.3. The summed E-state index contributed by atoms with van der Waals surface area (Å²) in [6, 6.07) is 7.66. The van der Waals surface area contributed by atoms with Gasteiger partial charge in [0.2, 0.25) is 0 Å². The molecule has 0 saturated carbocycles. The van der Waals surface area contributed by atoms with Crippen molar-refractivity contribution in [2.75, 3.05) is 6.61 Å². The van der Waals surface area contributed by atoms with Gasteiger partial charge in [-0.3, -0.25) is 4.79 Å².